The lowest BCUT2D eigenvalue weighted by molar-refractivity contribution is 0.0831. The number of aliphatic hydroxyl groups excluding tert-OH is 2. The second kappa shape index (κ2) is 11.4. The van der Waals surface area contributed by atoms with Crippen LogP contribution in [0.3, 0.4) is 0 Å². The number of hydrogen-bond donors (Lipinski definition) is 3. The number of benzene rings is 2. The molecule has 3 unspecified atom stereocenters. The van der Waals surface area contributed by atoms with E-state index in [0.29, 0.717) is 18.1 Å². The SMILES string of the molecule is CC(Cc1ccc(OCC(O)CN(C)C)cc1)NCC(O)c1cccc(Cl)c1. The minimum Gasteiger partial charge on any atom is -0.491 e. The second-order valence-electron chi connectivity index (χ2n) is 7.46. The first kappa shape index (κ1) is 22.7. The number of rotatable bonds is 11. The number of aliphatic hydroxyl groups is 2. The molecule has 2 rings (SSSR count). The Morgan fingerprint density at radius 1 is 1.11 bits per heavy atom. The van der Waals surface area contributed by atoms with Crippen LogP contribution in [0, 0.1) is 0 Å². The van der Waals surface area contributed by atoms with Gasteiger partial charge in [0, 0.05) is 24.2 Å². The first-order valence-corrected chi connectivity index (χ1v) is 9.92. The number of hydrogen-bond acceptors (Lipinski definition) is 5. The van der Waals surface area contributed by atoms with Gasteiger partial charge in [-0.1, -0.05) is 35.9 Å². The Bertz CT molecular complexity index is 709. The second-order valence-corrected chi connectivity index (χ2v) is 7.89. The van der Waals surface area contributed by atoms with Crippen LogP contribution in [0.5, 0.6) is 5.75 Å². The maximum atomic E-state index is 10.3. The van der Waals surface area contributed by atoms with Crippen molar-refractivity contribution in [2.75, 3.05) is 33.8 Å². The highest BCUT2D eigenvalue weighted by atomic mass is 35.5. The molecule has 0 aliphatic heterocycles. The van der Waals surface area contributed by atoms with Crippen LogP contribution in [-0.2, 0) is 6.42 Å². The van der Waals surface area contributed by atoms with Crippen LogP contribution >= 0.6 is 11.6 Å². The third-order valence-electron chi connectivity index (χ3n) is 4.38. The molecule has 0 fully saturated rings. The van der Waals surface area contributed by atoms with Crippen molar-refractivity contribution in [1.29, 1.82) is 0 Å². The van der Waals surface area contributed by atoms with Crippen molar-refractivity contribution in [1.82, 2.24) is 10.2 Å². The number of likely N-dealkylation sites (N-methyl/N-ethyl adjacent to an activating group) is 1. The highest BCUT2D eigenvalue weighted by molar-refractivity contribution is 6.30. The van der Waals surface area contributed by atoms with Gasteiger partial charge in [-0.05, 0) is 62.8 Å². The zero-order chi connectivity index (χ0) is 20.5. The highest BCUT2D eigenvalue weighted by Gasteiger charge is 2.11. The fourth-order valence-corrected chi connectivity index (χ4v) is 3.16. The van der Waals surface area contributed by atoms with Crippen LogP contribution in [0.15, 0.2) is 48.5 Å². The van der Waals surface area contributed by atoms with Gasteiger partial charge < -0.3 is 25.2 Å². The molecule has 0 bridgehead atoms. The predicted molar refractivity (Wildman–Crippen MR) is 114 cm³/mol. The Morgan fingerprint density at radius 2 is 1.82 bits per heavy atom. The van der Waals surface area contributed by atoms with Crippen molar-refractivity contribution in [3.05, 3.63) is 64.7 Å². The van der Waals surface area contributed by atoms with Crippen LogP contribution in [0.4, 0.5) is 0 Å². The predicted octanol–water partition coefficient (Wildman–Crippen LogP) is 2.90. The molecule has 0 aromatic heterocycles. The standard InChI is InChI=1S/C22H31ClN2O3/c1-16(24-13-22(27)18-5-4-6-19(23)12-18)11-17-7-9-21(10-8-17)28-15-20(26)14-25(2)3/h4-10,12,16,20,22,24,26-27H,11,13-15H2,1-3H3. The molecule has 0 aliphatic carbocycles. The van der Waals surface area contributed by atoms with Gasteiger partial charge in [-0.15, -0.1) is 0 Å². The van der Waals surface area contributed by atoms with E-state index in [9.17, 15) is 10.2 Å². The van der Waals surface area contributed by atoms with Crippen molar-refractivity contribution in [2.45, 2.75) is 31.6 Å². The van der Waals surface area contributed by atoms with Crippen LogP contribution in [0.2, 0.25) is 5.02 Å². The smallest absolute Gasteiger partial charge is 0.119 e. The average molecular weight is 407 g/mol. The Labute approximate surface area is 172 Å². The summed E-state index contributed by atoms with van der Waals surface area (Å²) < 4.78 is 5.63. The summed E-state index contributed by atoms with van der Waals surface area (Å²) in [6.07, 6.45) is -0.262. The van der Waals surface area contributed by atoms with Gasteiger partial charge in [-0.3, -0.25) is 0 Å². The Balaban J connectivity index is 1.75. The molecule has 6 heteroatoms. The molecule has 0 spiro atoms. The molecule has 0 radical (unpaired) electrons. The van der Waals surface area contributed by atoms with Gasteiger partial charge in [0.2, 0.25) is 0 Å². The molecule has 3 atom stereocenters. The molecular weight excluding hydrogens is 376 g/mol. The van der Waals surface area contributed by atoms with E-state index >= 15 is 0 Å². The average Bonchev–Trinajstić information content (AvgIpc) is 2.65. The summed E-state index contributed by atoms with van der Waals surface area (Å²) >= 11 is 5.98. The molecule has 5 nitrogen and oxygen atoms in total. The summed E-state index contributed by atoms with van der Waals surface area (Å²) in [7, 11) is 3.84. The summed E-state index contributed by atoms with van der Waals surface area (Å²) in [4.78, 5) is 1.93. The lowest BCUT2D eigenvalue weighted by atomic mass is 10.1. The van der Waals surface area contributed by atoms with Gasteiger partial charge in [0.25, 0.3) is 0 Å². The van der Waals surface area contributed by atoms with Crippen molar-refractivity contribution in [3.63, 3.8) is 0 Å². The lowest BCUT2D eigenvalue weighted by Crippen LogP contribution is -2.32. The first-order valence-electron chi connectivity index (χ1n) is 9.55. The number of nitrogens with zero attached hydrogens (tertiary/aromatic N) is 1. The maximum Gasteiger partial charge on any atom is 0.119 e. The number of ether oxygens (including phenoxy) is 1. The van der Waals surface area contributed by atoms with E-state index in [2.05, 4.69) is 12.2 Å². The number of nitrogens with one attached hydrogen (secondary N) is 1. The van der Waals surface area contributed by atoms with Crippen LogP contribution in [0.25, 0.3) is 0 Å². The van der Waals surface area contributed by atoms with Gasteiger partial charge in [0.15, 0.2) is 0 Å². The van der Waals surface area contributed by atoms with Crippen LogP contribution in [0.1, 0.15) is 24.2 Å². The van der Waals surface area contributed by atoms with Crippen molar-refractivity contribution in [3.8, 4) is 5.75 Å². The zero-order valence-electron chi connectivity index (χ0n) is 16.8. The summed E-state index contributed by atoms with van der Waals surface area (Å²) in [6.45, 7) is 3.40. The minimum atomic E-state index is -0.592. The largest absolute Gasteiger partial charge is 0.491 e. The molecule has 0 amide bonds. The topological polar surface area (TPSA) is 65.0 Å². The molecular formula is C22H31ClN2O3. The third-order valence-corrected chi connectivity index (χ3v) is 4.61. The molecule has 0 saturated heterocycles. The maximum absolute atomic E-state index is 10.3. The van der Waals surface area contributed by atoms with Crippen LogP contribution < -0.4 is 10.1 Å². The Morgan fingerprint density at radius 3 is 2.46 bits per heavy atom. The van der Waals surface area contributed by atoms with Crippen molar-refractivity contribution in [2.24, 2.45) is 0 Å². The summed E-state index contributed by atoms with van der Waals surface area (Å²) in [6, 6.07) is 15.4. The van der Waals surface area contributed by atoms with E-state index < -0.39 is 12.2 Å². The molecule has 3 N–H and O–H groups in total. The minimum absolute atomic E-state index is 0.211. The van der Waals surface area contributed by atoms with E-state index in [1.807, 2.05) is 55.4 Å². The molecule has 2 aromatic rings. The molecule has 2 aromatic carbocycles. The van der Waals surface area contributed by atoms with Crippen molar-refractivity contribution < 1.29 is 14.9 Å². The zero-order valence-corrected chi connectivity index (χ0v) is 17.6. The van der Waals surface area contributed by atoms with Gasteiger partial charge >= 0.3 is 0 Å². The van der Waals surface area contributed by atoms with E-state index in [-0.39, 0.29) is 12.6 Å². The first-order chi connectivity index (χ1) is 13.3. The van der Waals surface area contributed by atoms with Gasteiger partial charge in [-0.2, -0.15) is 0 Å². The summed E-state index contributed by atoms with van der Waals surface area (Å²) in [5.74, 6) is 0.749. The van der Waals surface area contributed by atoms with E-state index in [4.69, 9.17) is 16.3 Å². The normalized spacial score (nSPS) is 14.7. The van der Waals surface area contributed by atoms with E-state index in [1.54, 1.807) is 12.1 Å². The molecule has 154 valence electrons. The third kappa shape index (κ3) is 8.17. The highest BCUT2D eigenvalue weighted by Crippen LogP contribution is 2.18. The molecule has 28 heavy (non-hydrogen) atoms. The van der Waals surface area contributed by atoms with E-state index in [1.165, 1.54) is 5.56 Å². The quantitative estimate of drug-likeness (QED) is 0.535. The summed E-state index contributed by atoms with van der Waals surface area (Å²) in [5.41, 5.74) is 1.99. The Hall–Kier alpha value is -1.63. The monoisotopic (exact) mass is 406 g/mol. The Kier molecular flexibility index (Phi) is 9.22. The summed E-state index contributed by atoms with van der Waals surface area (Å²) in [5, 5.41) is 24.1. The fourth-order valence-electron chi connectivity index (χ4n) is 2.96. The molecule has 0 aliphatic rings. The van der Waals surface area contributed by atoms with Gasteiger partial charge in [0.05, 0.1) is 6.10 Å². The fraction of sp³-hybridized carbons (Fsp3) is 0.455. The van der Waals surface area contributed by atoms with E-state index in [0.717, 1.165) is 17.7 Å². The van der Waals surface area contributed by atoms with Gasteiger partial charge in [0.1, 0.15) is 18.5 Å². The molecule has 0 heterocycles. The van der Waals surface area contributed by atoms with Crippen LogP contribution in [-0.4, -0.2) is 61.1 Å². The molecule has 0 saturated carbocycles. The van der Waals surface area contributed by atoms with Gasteiger partial charge in [-0.25, -0.2) is 0 Å². The lowest BCUT2D eigenvalue weighted by Gasteiger charge is -2.18. The number of halogens is 1. The van der Waals surface area contributed by atoms with Crippen molar-refractivity contribution >= 4 is 11.6 Å².